The molecule has 0 radical (unpaired) electrons. The van der Waals surface area contributed by atoms with E-state index in [2.05, 4.69) is 0 Å². The van der Waals surface area contributed by atoms with E-state index in [-0.39, 0.29) is 29.2 Å². The molecular formula is C30H30N2O5S2. The molecule has 9 heteroatoms. The van der Waals surface area contributed by atoms with Crippen molar-refractivity contribution in [3.05, 3.63) is 93.9 Å². The summed E-state index contributed by atoms with van der Waals surface area (Å²) in [7, 11) is -3.86. The maximum atomic E-state index is 14.1. The summed E-state index contributed by atoms with van der Waals surface area (Å²) in [5, 5.41) is 1.94. The van der Waals surface area contributed by atoms with Gasteiger partial charge in [0.05, 0.1) is 40.8 Å². The smallest absolute Gasteiger partial charge is 0.243 e. The number of thiophene rings is 1. The van der Waals surface area contributed by atoms with Crippen LogP contribution in [-0.2, 0) is 24.3 Å². The molecule has 0 unspecified atom stereocenters. The van der Waals surface area contributed by atoms with Crippen LogP contribution in [0.1, 0.15) is 36.2 Å². The Kier molecular flexibility index (Phi) is 6.69. The molecule has 3 aromatic rings. The zero-order chi connectivity index (χ0) is 27.3. The fourth-order valence-corrected chi connectivity index (χ4v) is 8.81. The van der Waals surface area contributed by atoms with Crippen molar-refractivity contribution in [2.75, 3.05) is 18.1 Å². The number of anilines is 1. The lowest BCUT2D eigenvalue weighted by molar-refractivity contribution is -0.123. The highest BCUT2D eigenvalue weighted by atomic mass is 32.2. The van der Waals surface area contributed by atoms with Crippen molar-refractivity contribution < 1.29 is 22.7 Å². The number of amides is 2. The summed E-state index contributed by atoms with van der Waals surface area (Å²) in [6, 6.07) is 19.3. The van der Waals surface area contributed by atoms with Crippen LogP contribution in [0.4, 0.5) is 5.69 Å². The molecule has 0 saturated carbocycles. The molecule has 0 bridgehead atoms. The van der Waals surface area contributed by atoms with E-state index in [1.165, 1.54) is 16.2 Å². The molecule has 0 N–H and O–H groups in total. The van der Waals surface area contributed by atoms with Gasteiger partial charge in [0.2, 0.25) is 21.8 Å². The van der Waals surface area contributed by atoms with Crippen molar-refractivity contribution in [1.29, 1.82) is 0 Å². The fraction of sp³-hybridized carbons (Fsp3) is 0.333. The lowest BCUT2D eigenvalue weighted by Gasteiger charge is -2.45. The second-order valence-electron chi connectivity index (χ2n) is 10.3. The highest BCUT2D eigenvalue weighted by Gasteiger charge is 2.58. The van der Waals surface area contributed by atoms with E-state index in [1.807, 2.05) is 49.6 Å². The van der Waals surface area contributed by atoms with Gasteiger partial charge in [0.1, 0.15) is 0 Å². The van der Waals surface area contributed by atoms with Crippen LogP contribution >= 0.6 is 11.3 Å². The normalized spacial score (nSPS) is 25.5. The number of piperidine rings is 1. The van der Waals surface area contributed by atoms with E-state index < -0.39 is 27.9 Å². The van der Waals surface area contributed by atoms with Crippen molar-refractivity contribution in [1.82, 2.24) is 4.31 Å². The van der Waals surface area contributed by atoms with Crippen molar-refractivity contribution in [2.24, 2.45) is 17.8 Å². The molecule has 2 aliphatic heterocycles. The third kappa shape index (κ3) is 4.33. The molecule has 6 rings (SSSR count). The second kappa shape index (κ2) is 10.0. The molecule has 4 atom stereocenters. The number of hydrogen-bond donors (Lipinski definition) is 0. The van der Waals surface area contributed by atoms with Gasteiger partial charge < -0.3 is 4.74 Å². The summed E-state index contributed by atoms with van der Waals surface area (Å²) in [5.41, 5.74) is 2.36. The first-order chi connectivity index (χ1) is 18.8. The number of carbonyl (C=O) groups is 2. The standard InChI is InChI=1S/C30H30N2O5S2/c1-3-37-26-17-23-28(30(34)32(29(23)33)20-8-5-4-6-9-20)22-16-25(27-10-7-15-38-27)31(18-24(22)26)39(35,36)21-13-11-19(2)12-14-21/h4-15,22-23,25,28H,3,16-18H2,1-2H3/t22-,23+,25-,28-/m1/s1. The molecule has 1 aliphatic carbocycles. The van der Waals surface area contributed by atoms with Gasteiger partial charge in [-0.2, -0.15) is 4.31 Å². The maximum Gasteiger partial charge on any atom is 0.243 e. The predicted molar refractivity (Wildman–Crippen MR) is 149 cm³/mol. The lowest BCUT2D eigenvalue weighted by Crippen LogP contribution is -2.47. The Morgan fingerprint density at radius 1 is 0.949 bits per heavy atom. The van der Waals surface area contributed by atoms with Crippen LogP contribution in [0, 0.1) is 24.7 Å². The summed E-state index contributed by atoms with van der Waals surface area (Å²) >= 11 is 1.51. The summed E-state index contributed by atoms with van der Waals surface area (Å²) in [6.07, 6.45) is 0.695. The minimum absolute atomic E-state index is 0.120. The van der Waals surface area contributed by atoms with Gasteiger partial charge in [0, 0.05) is 17.8 Å². The number of fused-ring (bicyclic) bond motifs is 3. The number of ether oxygens (including phenoxy) is 1. The first kappa shape index (κ1) is 26.0. The van der Waals surface area contributed by atoms with Gasteiger partial charge in [0.15, 0.2) is 0 Å². The number of imide groups is 1. The Labute approximate surface area is 232 Å². The molecule has 2 amide bonds. The Morgan fingerprint density at radius 3 is 2.36 bits per heavy atom. The zero-order valence-electron chi connectivity index (χ0n) is 21.8. The molecule has 1 aromatic heterocycles. The van der Waals surface area contributed by atoms with Crippen molar-refractivity contribution in [3.8, 4) is 0 Å². The van der Waals surface area contributed by atoms with Crippen molar-refractivity contribution in [2.45, 2.75) is 37.6 Å². The number of aryl methyl sites for hydroxylation is 1. The monoisotopic (exact) mass is 562 g/mol. The Bertz CT molecular complexity index is 1530. The number of hydrogen-bond acceptors (Lipinski definition) is 6. The van der Waals surface area contributed by atoms with Gasteiger partial charge in [-0.15, -0.1) is 11.3 Å². The minimum atomic E-state index is -3.86. The number of sulfonamides is 1. The third-order valence-electron chi connectivity index (χ3n) is 8.10. The first-order valence-electron chi connectivity index (χ1n) is 13.2. The van der Waals surface area contributed by atoms with Gasteiger partial charge in [-0.05, 0) is 67.5 Å². The third-order valence-corrected chi connectivity index (χ3v) is 10.9. The maximum absolute atomic E-state index is 14.1. The van der Waals surface area contributed by atoms with Crippen LogP contribution in [0.2, 0.25) is 0 Å². The van der Waals surface area contributed by atoms with Gasteiger partial charge in [0.25, 0.3) is 0 Å². The summed E-state index contributed by atoms with van der Waals surface area (Å²) in [6.45, 7) is 4.32. The Morgan fingerprint density at radius 2 is 1.69 bits per heavy atom. The second-order valence-corrected chi connectivity index (χ2v) is 13.2. The first-order valence-corrected chi connectivity index (χ1v) is 15.5. The van der Waals surface area contributed by atoms with E-state index in [0.717, 1.165) is 16.0 Å². The summed E-state index contributed by atoms with van der Waals surface area (Å²) in [5.74, 6) is -1.16. The highest BCUT2D eigenvalue weighted by Crippen LogP contribution is 2.53. The number of benzene rings is 2. The van der Waals surface area contributed by atoms with Crippen LogP contribution in [-0.4, -0.2) is 37.7 Å². The van der Waals surface area contributed by atoms with Gasteiger partial charge >= 0.3 is 0 Å². The van der Waals surface area contributed by atoms with Crippen molar-refractivity contribution in [3.63, 3.8) is 0 Å². The SMILES string of the molecule is CCOC1=C2CN(S(=O)(=O)c3ccc(C)cc3)[C@@H](c3cccs3)C[C@H]2[C@H]2C(=O)N(c3ccccc3)C(=O)[C@H]2C1. The lowest BCUT2D eigenvalue weighted by atomic mass is 9.68. The van der Waals surface area contributed by atoms with E-state index in [4.69, 9.17) is 4.74 Å². The number of rotatable bonds is 6. The quantitative estimate of drug-likeness (QED) is 0.381. The summed E-state index contributed by atoms with van der Waals surface area (Å²) < 4.78 is 35.8. The molecule has 2 aromatic carbocycles. The van der Waals surface area contributed by atoms with E-state index in [9.17, 15) is 18.0 Å². The zero-order valence-corrected chi connectivity index (χ0v) is 23.5. The molecule has 39 heavy (non-hydrogen) atoms. The van der Waals surface area contributed by atoms with E-state index in [1.54, 1.807) is 40.7 Å². The van der Waals surface area contributed by atoms with Crippen LogP contribution in [0.5, 0.6) is 0 Å². The number of allylic oxidation sites excluding steroid dienone is 1. The highest BCUT2D eigenvalue weighted by molar-refractivity contribution is 7.89. The van der Waals surface area contributed by atoms with Gasteiger partial charge in [-0.1, -0.05) is 42.0 Å². The molecule has 0 spiro atoms. The van der Waals surface area contributed by atoms with Crippen LogP contribution in [0.25, 0.3) is 0 Å². The van der Waals surface area contributed by atoms with Crippen LogP contribution in [0.15, 0.2) is 88.3 Å². The fourth-order valence-electron chi connectivity index (χ4n) is 6.30. The van der Waals surface area contributed by atoms with Crippen LogP contribution in [0.3, 0.4) is 0 Å². The number of nitrogens with zero attached hydrogens (tertiary/aromatic N) is 2. The van der Waals surface area contributed by atoms with Crippen molar-refractivity contribution >= 4 is 38.9 Å². The largest absolute Gasteiger partial charge is 0.498 e. The number of para-hydroxylation sites is 1. The molecule has 202 valence electrons. The molecule has 2 saturated heterocycles. The average molecular weight is 563 g/mol. The van der Waals surface area contributed by atoms with Gasteiger partial charge in [-0.25, -0.2) is 8.42 Å². The molecule has 3 aliphatic rings. The molecule has 3 heterocycles. The Hall–Kier alpha value is -3.27. The Balaban J connectivity index is 1.45. The predicted octanol–water partition coefficient (Wildman–Crippen LogP) is 5.31. The number of carbonyl (C=O) groups excluding carboxylic acids is 2. The van der Waals surface area contributed by atoms with Gasteiger partial charge in [-0.3, -0.25) is 14.5 Å². The van der Waals surface area contributed by atoms with E-state index >= 15 is 0 Å². The topological polar surface area (TPSA) is 84.0 Å². The minimum Gasteiger partial charge on any atom is -0.498 e. The average Bonchev–Trinajstić information content (AvgIpc) is 3.56. The van der Waals surface area contributed by atoms with Crippen LogP contribution < -0.4 is 4.90 Å². The van der Waals surface area contributed by atoms with E-state index in [0.29, 0.717) is 30.9 Å². The molecular weight excluding hydrogens is 532 g/mol. The molecule has 2 fully saturated rings. The summed E-state index contributed by atoms with van der Waals surface area (Å²) in [4.78, 5) is 30.0. The molecule has 7 nitrogen and oxygen atoms in total.